The Morgan fingerprint density at radius 1 is 1.08 bits per heavy atom. The van der Waals surface area contributed by atoms with Crippen LogP contribution in [0.25, 0.3) is 0 Å². The number of guanidine groups is 1. The van der Waals surface area contributed by atoms with Gasteiger partial charge in [-0.05, 0) is 42.2 Å². The largest absolute Gasteiger partial charge is 0.493 e. The molecule has 2 rings (SSSR count). The summed E-state index contributed by atoms with van der Waals surface area (Å²) in [6, 6.07) is 12.2. The Balaban J connectivity index is 0.00000338. The van der Waals surface area contributed by atoms with Gasteiger partial charge in [0.25, 0.3) is 0 Å². The molecule has 0 amide bonds. The summed E-state index contributed by atoms with van der Waals surface area (Å²) in [5, 5.41) is 6.62. The van der Waals surface area contributed by atoms with Crippen molar-refractivity contribution in [3.8, 4) is 5.75 Å². The van der Waals surface area contributed by atoms with E-state index in [1.165, 1.54) is 5.56 Å². The number of furan rings is 1. The fraction of sp³-hybridized carbons (Fsp3) is 0.450. The molecule has 0 bridgehead atoms. The predicted octanol–water partition coefficient (Wildman–Crippen LogP) is 3.88. The van der Waals surface area contributed by atoms with Crippen LogP contribution < -0.4 is 15.4 Å². The first-order chi connectivity index (χ1) is 12.2. The lowest BCUT2D eigenvalue weighted by Gasteiger charge is -2.12. The van der Waals surface area contributed by atoms with Crippen LogP contribution in [0.15, 0.2) is 52.1 Å². The number of benzene rings is 1. The number of aliphatic imine (C=N–C) groups is 1. The molecular formula is C20H30IN3O2. The lowest BCUT2D eigenvalue weighted by molar-refractivity contribution is 0.271. The van der Waals surface area contributed by atoms with E-state index in [2.05, 4.69) is 41.6 Å². The highest BCUT2D eigenvalue weighted by atomic mass is 127. The monoisotopic (exact) mass is 471 g/mol. The van der Waals surface area contributed by atoms with Gasteiger partial charge in [-0.2, -0.15) is 0 Å². The zero-order valence-electron chi connectivity index (χ0n) is 15.8. The number of nitrogens with zero attached hydrogens (tertiary/aromatic N) is 1. The van der Waals surface area contributed by atoms with Crippen LogP contribution in [0, 0.1) is 5.92 Å². The molecule has 5 nitrogen and oxygen atoms in total. The minimum atomic E-state index is 0. The molecule has 144 valence electrons. The molecule has 2 N–H and O–H groups in total. The molecule has 0 aliphatic rings. The first-order valence-corrected chi connectivity index (χ1v) is 8.86. The van der Waals surface area contributed by atoms with Crippen LogP contribution in [0.2, 0.25) is 0 Å². The van der Waals surface area contributed by atoms with Crippen molar-refractivity contribution in [1.82, 2.24) is 10.6 Å². The Labute approximate surface area is 173 Å². The molecule has 2 aromatic rings. The maximum absolute atomic E-state index is 5.71. The third-order valence-corrected chi connectivity index (χ3v) is 3.68. The Hall–Kier alpha value is -1.70. The molecule has 1 aromatic heterocycles. The Bertz CT molecular complexity index is 625. The second kappa shape index (κ2) is 12.6. The van der Waals surface area contributed by atoms with Gasteiger partial charge in [0.05, 0.1) is 12.9 Å². The van der Waals surface area contributed by atoms with Gasteiger partial charge in [-0.25, -0.2) is 0 Å². The van der Waals surface area contributed by atoms with E-state index in [0.29, 0.717) is 5.92 Å². The third kappa shape index (κ3) is 8.60. The highest BCUT2D eigenvalue weighted by Gasteiger charge is 2.01. The van der Waals surface area contributed by atoms with Gasteiger partial charge < -0.3 is 19.8 Å². The van der Waals surface area contributed by atoms with Gasteiger partial charge in [0, 0.05) is 26.6 Å². The average Bonchev–Trinajstić information content (AvgIpc) is 3.13. The summed E-state index contributed by atoms with van der Waals surface area (Å²) in [5.74, 6) is 3.25. The lowest BCUT2D eigenvalue weighted by Crippen LogP contribution is -2.39. The molecule has 0 aliphatic carbocycles. The van der Waals surface area contributed by atoms with E-state index in [9.17, 15) is 0 Å². The van der Waals surface area contributed by atoms with Crippen LogP contribution in [0.5, 0.6) is 5.75 Å². The van der Waals surface area contributed by atoms with Crippen molar-refractivity contribution in [1.29, 1.82) is 0 Å². The fourth-order valence-corrected chi connectivity index (χ4v) is 2.32. The third-order valence-electron chi connectivity index (χ3n) is 3.68. The van der Waals surface area contributed by atoms with Crippen LogP contribution in [0.3, 0.4) is 0 Å². The SMILES string of the molecule is CN=C(NCCc1ccc(OCC(C)C)cc1)NCCc1ccco1.I. The van der Waals surface area contributed by atoms with E-state index in [-0.39, 0.29) is 24.0 Å². The first kappa shape index (κ1) is 22.3. The van der Waals surface area contributed by atoms with Gasteiger partial charge in [0.15, 0.2) is 5.96 Å². The number of hydrogen-bond acceptors (Lipinski definition) is 3. The summed E-state index contributed by atoms with van der Waals surface area (Å²) in [6.07, 6.45) is 3.47. The topological polar surface area (TPSA) is 58.8 Å². The van der Waals surface area contributed by atoms with E-state index in [0.717, 1.165) is 50.0 Å². The van der Waals surface area contributed by atoms with Crippen LogP contribution in [-0.4, -0.2) is 32.7 Å². The highest BCUT2D eigenvalue weighted by molar-refractivity contribution is 14.0. The second-order valence-corrected chi connectivity index (χ2v) is 6.35. The number of ether oxygens (including phenoxy) is 1. The van der Waals surface area contributed by atoms with Crippen molar-refractivity contribution >= 4 is 29.9 Å². The van der Waals surface area contributed by atoms with Crippen molar-refractivity contribution in [2.24, 2.45) is 10.9 Å². The molecule has 0 atom stereocenters. The fourth-order valence-electron chi connectivity index (χ4n) is 2.32. The van der Waals surface area contributed by atoms with Crippen molar-refractivity contribution in [3.05, 3.63) is 54.0 Å². The van der Waals surface area contributed by atoms with Crippen molar-refractivity contribution in [2.75, 3.05) is 26.7 Å². The minimum absolute atomic E-state index is 0. The van der Waals surface area contributed by atoms with E-state index in [1.807, 2.05) is 24.3 Å². The van der Waals surface area contributed by atoms with Crippen LogP contribution in [0.1, 0.15) is 25.2 Å². The number of nitrogens with one attached hydrogen (secondary N) is 2. The zero-order valence-corrected chi connectivity index (χ0v) is 18.2. The molecule has 26 heavy (non-hydrogen) atoms. The van der Waals surface area contributed by atoms with Gasteiger partial charge in [-0.1, -0.05) is 26.0 Å². The average molecular weight is 471 g/mol. The van der Waals surface area contributed by atoms with Gasteiger partial charge in [-0.15, -0.1) is 24.0 Å². The Kier molecular flexibility index (Phi) is 10.8. The van der Waals surface area contributed by atoms with E-state index >= 15 is 0 Å². The van der Waals surface area contributed by atoms with Crippen molar-refractivity contribution < 1.29 is 9.15 Å². The molecule has 0 spiro atoms. The van der Waals surface area contributed by atoms with Crippen LogP contribution in [-0.2, 0) is 12.8 Å². The maximum Gasteiger partial charge on any atom is 0.191 e. The minimum Gasteiger partial charge on any atom is -0.493 e. The molecule has 1 heterocycles. The highest BCUT2D eigenvalue weighted by Crippen LogP contribution is 2.13. The molecule has 0 saturated heterocycles. The van der Waals surface area contributed by atoms with Crippen molar-refractivity contribution in [2.45, 2.75) is 26.7 Å². The predicted molar refractivity (Wildman–Crippen MR) is 118 cm³/mol. The summed E-state index contributed by atoms with van der Waals surface area (Å²) in [6.45, 7) is 6.66. The summed E-state index contributed by atoms with van der Waals surface area (Å²) >= 11 is 0. The van der Waals surface area contributed by atoms with Crippen molar-refractivity contribution in [3.63, 3.8) is 0 Å². The first-order valence-electron chi connectivity index (χ1n) is 8.86. The Morgan fingerprint density at radius 3 is 2.35 bits per heavy atom. The molecule has 6 heteroatoms. The number of hydrogen-bond donors (Lipinski definition) is 2. The quantitative estimate of drug-likeness (QED) is 0.331. The van der Waals surface area contributed by atoms with Crippen LogP contribution in [0.4, 0.5) is 0 Å². The van der Waals surface area contributed by atoms with Gasteiger partial charge in [-0.3, -0.25) is 4.99 Å². The summed E-state index contributed by atoms with van der Waals surface area (Å²) in [7, 11) is 1.78. The summed E-state index contributed by atoms with van der Waals surface area (Å²) < 4.78 is 11.0. The summed E-state index contributed by atoms with van der Waals surface area (Å²) in [4.78, 5) is 4.24. The van der Waals surface area contributed by atoms with Gasteiger partial charge in [0.1, 0.15) is 11.5 Å². The van der Waals surface area contributed by atoms with E-state index in [1.54, 1.807) is 13.3 Å². The number of rotatable bonds is 9. The summed E-state index contributed by atoms with van der Waals surface area (Å²) in [5.41, 5.74) is 1.27. The van der Waals surface area contributed by atoms with Gasteiger partial charge in [0.2, 0.25) is 0 Å². The lowest BCUT2D eigenvalue weighted by atomic mass is 10.1. The Morgan fingerprint density at radius 2 is 1.77 bits per heavy atom. The van der Waals surface area contributed by atoms with E-state index in [4.69, 9.17) is 9.15 Å². The smallest absolute Gasteiger partial charge is 0.191 e. The second-order valence-electron chi connectivity index (χ2n) is 6.35. The standard InChI is InChI=1S/C20H29N3O2.HI/c1-16(2)15-25-19-8-6-17(7-9-19)10-12-22-20(21-3)23-13-11-18-5-4-14-24-18;/h4-9,14,16H,10-13,15H2,1-3H3,(H2,21,22,23);1H. The van der Waals surface area contributed by atoms with Gasteiger partial charge >= 0.3 is 0 Å². The molecule has 1 aromatic carbocycles. The molecule has 0 aliphatic heterocycles. The van der Waals surface area contributed by atoms with E-state index < -0.39 is 0 Å². The molecule has 0 saturated carbocycles. The molecule has 0 radical (unpaired) electrons. The molecule has 0 unspecified atom stereocenters. The zero-order chi connectivity index (χ0) is 17.9. The maximum atomic E-state index is 5.71. The normalized spacial score (nSPS) is 11.2. The molecular weight excluding hydrogens is 441 g/mol. The number of halogens is 1. The van der Waals surface area contributed by atoms with Crippen LogP contribution >= 0.6 is 24.0 Å². The molecule has 0 fully saturated rings.